The van der Waals surface area contributed by atoms with Crippen LogP contribution in [0.5, 0.6) is 0 Å². The van der Waals surface area contributed by atoms with E-state index in [4.69, 9.17) is 0 Å². The Bertz CT molecular complexity index is 379. The monoisotopic (exact) mass is 237 g/mol. The van der Waals surface area contributed by atoms with Crippen molar-refractivity contribution < 1.29 is 15.0 Å². The van der Waals surface area contributed by atoms with E-state index in [1.165, 1.54) is 6.92 Å². The maximum atomic E-state index is 11.0. The molecule has 0 aliphatic rings. The molecular weight excluding hydrogens is 218 g/mol. The Morgan fingerprint density at radius 1 is 1.41 bits per heavy atom. The highest BCUT2D eigenvalue weighted by atomic mass is 16.3. The minimum atomic E-state index is -0.936. The zero-order chi connectivity index (χ0) is 12.8. The highest BCUT2D eigenvalue weighted by Crippen LogP contribution is 2.18. The molecule has 0 saturated carbocycles. The molecule has 0 aliphatic heterocycles. The molecular formula is C13H19NO3. The van der Waals surface area contributed by atoms with Gasteiger partial charge in [0.15, 0.2) is 0 Å². The van der Waals surface area contributed by atoms with E-state index in [9.17, 15) is 15.0 Å². The average molecular weight is 237 g/mol. The molecule has 1 aromatic rings. The van der Waals surface area contributed by atoms with Gasteiger partial charge in [0.2, 0.25) is 0 Å². The van der Waals surface area contributed by atoms with Crippen molar-refractivity contribution in [1.29, 1.82) is 0 Å². The molecule has 0 saturated heterocycles. The minimum absolute atomic E-state index is 0.0763. The van der Waals surface area contributed by atoms with Crippen LogP contribution in [-0.2, 0) is 11.2 Å². The Morgan fingerprint density at radius 2 is 2.12 bits per heavy atom. The van der Waals surface area contributed by atoms with Crippen LogP contribution < -0.4 is 5.32 Å². The van der Waals surface area contributed by atoms with Crippen molar-refractivity contribution in [1.82, 2.24) is 5.32 Å². The lowest BCUT2D eigenvalue weighted by molar-refractivity contribution is -0.116. The summed E-state index contributed by atoms with van der Waals surface area (Å²) in [5.41, 5.74) is 1.48. The second-order valence-electron chi connectivity index (χ2n) is 4.19. The Labute approximate surface area is 101 Å². The van der Waals surface area contributed by atoms with E-state index in [1.54, 1.807) is 25.2 Å². The van der Waals surface area contributed by atoms with Gasteiger partial charge in [0, 0.05) is 13.0 Å². The summed E-state index contributed by atoms with van der Waals surface area (Å²) in [6.45, 7) is 1.84. The molecule has 0 heterocycles. The van der Waals surface area contributed by atoms with Gasteiger partial charge < -0.3 is 15.5 Å². The zero-order valence-corrected chi connectivity index (χ0v) is 10.2. The summed E-state index contributed by atoms with van der Waals surface area (Å²) in [5.74, 6) is 0.0763. The third-order valence-corrected chi connectivity index (χ3v) is 2.52. The summed E-state index contributed by atoms with van der Waals surface area (Å²) in [4.78, 5) is 11.0. The van der Waals surface area contributed by atoms with Gasteiger partial charge in [-0.2, -0.15) is 0 Å². The molecule has 0 radical (unpaired) electrons. The van der Waals surface area contributed by atoms with E-state index in [2.05, 4.69) is 5.32 Å². The van der Waals surface area contributed by atoms with Crippen LogP contribution in [-0.4, -0.2) is 35.7 Å². The molecule has 3 N–H and O–H groups in total. The number of aliphatic hydroxyl groups excluding tert-OH is 2. The van der Waals surface area contributed by atoms with Crippen LogP contribution in [0, 0.1) is 0 Å². The fourth-order valence-corrected chi connectivity index (χ4v) is 1.72. The van der Waals surface area contributed by atoms with E-state index in [-0.39, 0.29) is 5.78 Å². The molecule has 0 spiro atoms. The van der Waals surface area contributed by atoms with Crippen LogP contribution in [0.15, 0.2) is 24.3 Å². The van der Waals surface area contributed by atoms with E-state index in [0.29, 0.717) is 18.5 Å². The fourth-order valence-electron chi connectivity index (χ4n) is 1.72. The largest absolute Gasteiger partial charge is 0.389 e. The molecule has 0 amide bonds. The predicted octanol–water partition coefficient (Wildman–Crippen LogP) is 0.432. The van der Waals surface area contributed by atoms with E-state index < -0.39 is 12.2 Å². The first-order chi connectivity index (χ1) is 8.04. The number of carbonyl (C=O) groups is 1. The Morgan fingerprint density at radius 3 is 2.71 bits per heavy atom. The first-order valence-corrected chi connectivity index (χ1v) is 5.63. The predicted molar refractivity (Wildman–Crippen MR) is 65.7 cm³/mol. The molecule has 1 aromatic carbocycles. The van der Waals surface area contributed by atoms with Crippen LogP contribution >= 0.6 is 0 Å². The molecule has 0 aliphatic carbocycles. The number of nitrogens with one attached hydrogen (secondary N) is 1. The molecule has 0 fully saturated rings. The molecule has 1 rings (SSSR count). The second-order valence-corrected chi connectivity index (χ2v) is 4.19. The topological polar surface area (TPSA) is 69.6 Å². The molecule has 2 atom stereocenters. The number of likely N-dealkylation sites (N-methyl/N-ethyl adjacent to an activating group) is 1. The number of rotatable bonds is 6. The third kappa shape index (κ3) is 4.26. The lowest BCUT2D eigenvalue weighted by Crippen LogP contribution is -2.29. The highest BCUT2D eigenvalue weighted by Gasteiger charge is 2.17. The number of hydrogen-bond acceptors (Lipinski definition) is 4. The highest BCUT2D eigenvalue weighted by molar-refractivity contribution is 5.78. The third-order valence-electron chi connectivity index (χ3n) is 2.52. The lowest BCUT2D eigenvalue weighted by atomic mass is 10.00. The van der Waals surface area contributed by atoms with Crippen LogP contribution in [0.25, 0.3) is 0 Å². The molecule has 94 valence electrons. The van der Waals surface area contributed by atoms with Crippen molar-refractivity contribution in [3.8, 4) is 0 Å². The minimum Gasteiger partial charge on any atom is -0.389 e. The average Bonchev–Trinajstić information content (AvgIpc) is 2.28. The maximum absolute atomic E-state index is 11.0. The summed E-state index contributed by atoms with van der Waals surface area (Å²) in [6, 6.07) is 7.11. The number of aliphatic hydroxyl groups is 2. The second kappa shape index (κ2) is 6.49. The number of hydrogen-bond donors (Lipinski definition) is 3. The first-order valence-electron chi connectivity index (χ1n) is 5.63. The molecule has 17 heavy (non-hydrogen) atoms. The first kappa shape index (κ1) is 13.8. The van der Waals surface area contributed by atoms with Crippen molar-refractivity contribution in [2.45, 2.75) is 25.6 Å². The van der Waals surface area contributed by atoms with Gasteiger partial charge in [0.25, 0.3) is 0 Å². The molecule has 4 nitrogen and oxygen atoms in total. The van der Waals surface area contributed by atoms with Gasteiger partial charge in [-0.05, 0) is 25.1 Å². The standard InChI is InChI=1S/C13H19NO3/c1-9(15)6-10-4-3-5-11(7-10)13(17)12(16)8-14-2/h3-5,7,12-14,16-17H,6,8H2,1-2H3. The van der Waals surface area contributed by atoms with Gasteiger partial charge in [-0.3, -0.25) is 4.79 Å². The van der Waals surface area contributed by atoms with Crippen molar-refractivity contribution in [2.75, 3.05) is 13.6 Å². The Kier molecular flexibility index (Phi) is 5.28. The zero-order valence-electron chi connectivity index (χ0n) is 10.2. The smallest absolute Gasteiger partial charge is 0.134 e. The normalized spacial score (nSPS) is 14.4. The number of Topliss-reactive ketones (excluding diaryl/α,β-unsaturated/α-hetero) is 1. The van der Waals surface area contributed by atoms with Gasteiger partial charge in [-0.25, -0.2) is 0 Å². The van der Waals surface area contributed by atoms with Gasteiger partial charge in [0.05, 0.1) is 6.10 Å². The molecule has 2 unspecified atom stereocenters. The molecule has 0 aromatic heterocycles. The van der Waals surface area contributed by atoms with Gasteiger partial charge in [-0.1, -0.05) is 24.3 Å². The quantitative estimate of drug-likeness (QED) is 0.671. The van der Waals surface area contributed by atoms with Crippen LogP contribution in [0.2, 0.25) is 0 Å². The molecule has 4 heteroatoms. The van der Waals surface area contributed by atoms with E-state index in [0.717, 1.165) is 5.56 Å². The number of carbonyl (C=O) groups excluding carboxylic acids is 1. The van der Waals surface area contributed by atoms with Crippen molar-refractivity contribution in [3.05, 3.63) is 35.4 Å². The summed E-state index contributed by atoms with van der Waals surface area (Å²) in [6.07, 6.45) is -1.44. The van der Waals surface area contributed by atoms with E-state index in [1.807, 2.05) is 6.07 Å². The van der Waals surface area contributed by atoms with Crippen molar-refractivity contribution in [2.24, 2.45) is 0 Å². The van der Waals surface area contributed by atoms with Crippen LogP contribution in [0.3, 0.4) is 0 Å². The van der Waals surface area contributed by atoms with Gasteiger partial charge >= 0.3 is 0 Å². The Hall–Kier alpha value is -1.23. The lowest BCUT2D eigenvalue weighted by Gasteiger charge is -2.18. The van der Waals surface area contributed by atoms with Crippen LogP contribution in [0.1, 0.15) is 24.2 Å². The summed E-state index contributed by atoms with van der Waals surface area (Å²) in [7, 11) is 1.71. The maximum Gasteiger partial charge on any atom is 0.134 e. The van der Waals surface area contributed by atoms with Crippen LogP contribution in [0.4, 0.5) is 0 Å². The summed E-state index contributed by atoms with van der Waals surface area (Å²) >= 11 is 0. The summed E-state index contributed by atoms with van der Waals surface area (Å²) < 4.78 is 0. The fraction of sp³-hybridized carbons (Fsp3) is 0.462. The SMILES string of the molecule is CNCC(O)C(O)c1cccc(CC(C)=O)c1. The van der Waals surface area contributed by atoms with Gasteiger partial charge in [-0.15, -0.1) is 0 Å². The summed E-state index contributed by atoms with van der Waals surface area (Å²) in [5, 5.41) is 22.4. The van der Waals surface area contributed by atoms with Crippen molar-refractivity contribution in [3.63, 3.8) is 0 Å². The number of benzene rings is 1. The van der Waals surface area contributed by atoms with Crippen molar-refractivity contribution >= 4 is 5.78 Å². The van der Waals surface area contributed by atoms with E-state index >= 15 is 0 Å². The molecule has 0 bridgehead atoms. The van der Waals surface area contributed by atoms with Gasteiger partial charge in [0.1, 0.15) is 11.9 Å². The Balaban J connectivity index is 2.79. The number of ketones is 1.